The van der Waals surface area contributed by atoms with Crippen LogP contribution in [0.2, 0.25) is 0 Å². The Kier molecular flexibility index (Phi) is 3.00. The Morgan fingerprint density at radius 1 is 1.47 bits per heavy atom. The second-order valence-corrected chi connectivity index (χ2v) is 4.59. The molecule has 0 spiro atoms. The number of imidazole rings is 1. The summed E-state index contributed by atoms with van der Waals surface area (Å²) >= 11 is 0. The number of hydrogen-bond acceptors (Lipinski definition) is 4. The zero-order valence-corrected chi connectivity index (χ0v) is 10.6. The SMILES string of the molecule is Cc1ncccc1NC(=O)C1Cc2nc[nH]c2CN1. The van der Waals surface area contributed by atoms with Crippen LogP contribution in [0.1, 0.15) is 17.1 Å². The predicted molar refractivity (Wildman–Crippen MR) is 70.5 cm³/mol. The first kappa shape index (κ1) is 11.9. The summed E-state index contributed by atoms with van der Waals surface area (Å²) in [4.78, 5) is 23.7. The number of pyridine rings is 1. The topological polar surface area (TPSA) is 82.7 Å². The lowest BCUT2D eigenvalue weighted by molar-refractivity contribution is -0.118. The molecule has 2 aromatic heterocycles. The third kappa shape index (κ3) is 2.34. The molecule has 1 unspecified atom stereocenters. The van der Waals surface area contributed by atoms with Crippen molar-refractivity contribution >= 4 is 11.6 Å². The summed E-state index contributed by atoms with van der Waals surface area (Å²) in [5.74, 6) is -0.0512. The van der Waals surface area contributed by atoms with Crippen LogP contribution in [-0.4, -0.2) is 26.9 Å². The molecule has 0 saturated heterocycles. The lowest BCUT2D eigenvalue weighted by atomic mass is 10.0. The quantitative estimate of drug-likeness (QED) is 0.742. The zero-order chi connectivity index (χ0) is 13.2. The number of carbonyl (C=O) groups excluding carboxylic acids is 1. The van der Waals surface area contributed by atoms with E-state index in [9.17, 15) is 4.79 Å². The number of fused-ring (bicyclic) bond motifs is 1. The van der Waals surface area contributed by atoms with Gasteiger partial charge in [-0.25, -0.2) is 4.98 Å². The Balaban J connectivity index is 1.71. The average Bonchev–Trinajstić information content (AvgIpc) is 2.88. The van der Waals surface area contributed by atoms with Crippen molar-refractivity contribution in [2.24, 2.45) is 0 Å². The summed E-state index contributed by atoms with van der Waals surface area (Å²) in [5.41, 5.74) is 3.58. The van der Waals surface area contributed by atoms with Gasteiger partial charge in [0.1, 0.15) is 0 Å². The van der Waals surface area contributed by atoms with Crippen LogP contribution in [0.25, 0.3) is 0 Å². The van der Waals surface area contributed by atoms with E-state index in [1.807, 2.05) is 19.1 Å². The molecule has 0 fully saturated rings. The Bertz CT molecular complexity index is 607. The third-order valence-corrected chi connectivity index (χ3v) is 3.31. The minimum atomic E-state index is -0.254. The molecule has 0 aliphatic carbocycles. The van der Waals surface area contributed by atoms with E-state index in [0.29, 0.717) is 13.0 Å². The molecule has 19 heavy (non-hydrogen) atoms. The molecule has 0 saturated carbocycles. The molecule has 2 aromatic rings. The zero-order valence-electron chi connectivity index (χ0n) is 10.6. The van der Waals surface area contributed by atoms with E-state index in [4.69, 9.17) is 0 Å². The van der Waals surface area contributed by atoms with E-state index >= 15 is 0 Å². The minimum Gasteiger partial charge on any atom is -0.347 e. The monoisotopic (exact) mass is 257 g/mol. The largest absolute Gasteiger partial charge is 0.347 e. The maximum atomic E-state index is 12.2. The number of nitrogens with zero attached hydrogens (tertiary/aromatic N) is 2. The first-order chi connectivity index (χ1) is 9.24. The molecule has 3 rings (SSSR count). The van der Waals surface area contributed by atoms with Gasteiger partial charge in [-0.2, -0.15) is 0 Å². The van der Waals surface area contributed by atoms with E-state index in [0.717, 1.165) is 22.8 Å². The van der Waals surface area contributed by atoms with Crippen molar-refractivity contribution in [3.63, 3.8) is 0 Å². The normalized spacial score (nSPS) is 17.8. The van der Waals surface area contributed by atoms with E-state index in [1.54, 1.807) is 12.5 Å². The highest BCUT2D eigenvalue weighted by molar-refractivity contribution is 5.95. The number of H-pyrrole nitrogens is 1. The van der Waals surface area contributed by atoms with Gasteiger partial charge in [0.15, 0.2) is 0 Å². The van der Waals surface area contributed by atoms with Gasteiger partial charge < -0.3 is 10.3 Å². The molecule has 3 N–H and O–H groups in total. The van der Waals surface area contributed by atoms with Gasteiger partial charge in [-0.1, -0.05) is 0 Å². The first-order valence-electron chi connectivity index (χ1n) is 6.21. The molecule has 1 amide bonds. The number of nitrogens with one attached hydrogen (secondary N) is 3. The summed E-state index contributed by atoms with van der Waals surface area (Å²) in [7, 11) is 0. The highest BCUT2D eigenvalue weighted by Gasteiger charge is 2.25. The summed E-state index contributed by atoms with van der Waals surface area (Å²) in [6.07, 6.45) is 3.97. The van der Waals surface area contributed by atoms with Gasteiger partial charge >= 0.3 is 0 Å². The molecule has 98 valence electrons. The van der Waals surface area contributed by atoms with Crippen LogP contribution in [0.15, 0.2) is 24.7 Å². The van der Waals surface area contributed by atoms with Crippen molar-refractivity contribution in [3.8, 4) is 0 Å². The van der Waals surface area contributed by atoms with Crippen LogP contribution in [0.5, 0.6) is 0 Å². The number of rotatable bonds is 2. The number of hydrogen-bond donors (Lipinski definition) is 3. The van der Waals surface area contributed by atoms with Gasteiger partial charge in [-0.05, 0) is 19.1 Å². The summed E-state index contributed by atoms with van der Waals surface area (Å²) < 4.78 is 0. The molecular formula is C13H15N5O. The second-order valence-electron chi connectivity index (χ2n) is 4.59. The lowest BCUT2D eigenvalue weighted by Crippen LogP contribution is -2.44. The van der Waals surface area contributed by atoms with Crippen LogP contribution in [0, 0.1) is 6.92 Å². The van der Waals surface area contributed by atoms with E-state index in [2.05, 4.69) is 25.6 Å². The molecule has 1 aliphatic rings. The van der Waals surface area contributed by atoms with Crippen molar-refractivity contribution in [2.45, 2.75) is 25.9 Å². The molecule has 6 nitrogen and oxygen atoms in total. The van der Waals surface area contributed by atoms with Crippen molar-refractivity contribution in [3.05, 3.63) is 41.7 Å². The van der Waals surface area contributed by atoms with Gasteiger partial charge in [0, 0.05) is 19.2 Å². The number of anilines is 1. The lowest BCUT2D eigenvalue weighted by Gasteiger charge is -2.22. The van der Waals surface area contributed by atoms with Crippen molar-refractivity contribution in [2.75, 3.05) is 5.32 Å². The van der Waals surface area contributed by atoms with Crippen LogP contribution in [0.3, 0.4) is 0 Å². The number of amides is 1. The molecule has 0 aromatic carbocycles. The Morgan fingerprint density at radius 3 is 3.21 bits per heavy atom. The van der Waals surface area contributed by atoms with Gasteiger partial charge in [-0.15, -0.1) is 0 Å². The number of carbonyl (C=O) groups is 1. The number of aromatic nitrogens is 3. The van der Waals surface area contributed by atoms with E-state index in [1.165, 1.54) is 0 Å². The Hall–Kier alpha value is -2.21. The molecule has 0 bridgehead atoms. The predicted octanol–water partition coefficient (Wildman–Crippen LogP) is 0.766. The van der Waals surface area contributed by atoms with Crippen molar-refractivity contribution < 1.29 is 4.79 Å². The first-order valence-corrected chi connectivity index (χ1v) is 6.21. The minimum absolute atomic E-state index is 0.0512. The summed E-state index contributed by atoms with van der Waals surface area (Å²) in [6.45, 7) is 2.51. The van der Waals surface area contributed by atoms with Crippen LogP contribution in [-0.2, 0) is 17.8 Å². The maximum Gasteiger partial charge on any atom is 0.241 e. The fraction of sp³-hybridized carbons (Fsp3) is 0.308. The van der Waals surface area contributed by atoms with Crippen molar-refractivity contribution in [1.82, 2.24) is 20.3 Å². The molecule has 6 heteroatoms. The molecule has 1 atom stereocenters. The Morgan fingerprint density at radius 2 is 2.37 bits per heavy atom. The summed E-state index contributed by atoms with van der Waals surface area (Å²) in [5, 5.41) is 6.10. The second kappa shape index (κ2) is 4.81. The van der Waals surface area contributed by atoms with Gasteiger partial charge in [0.2, 0.25) is 5.91 Å². The maximum absolute atomic E-state index is 12.2. The van der Waals surface area contributed by atoms with Crippen LogP contribution in [0.4, 0.5) is 5.69 Å². The average molecular weight is 257 g/mol. The van der Waals surface area contributed by atoms with Gasteiger partial charge in [-0.3, -0.25) is 15.1 Å². The van der Waals surface area contributed by atoms with E-state index < -0.39 is 0 Å². The number of aryl methyl sites for hydroxylation is 1. The fourth-order valence-electron chi connectivity index (χ4n) is 2.19. The van der Waals surface area contributed by atoms with Gasteiger partial charge in [0.25, 0.3) is 0 Å². The van der Waals surface area contributed by atoms with E-state index in [-0.39, 0.29) is 11.9 Å². The summed E-state index contributed by atoms with van der Waals surface area (Å²) in [6, 6.07) is 3.40. The van der Waals surface area contributed by atoms with Crippen LogP contribution < -0.4 is 10.6 Å². The highest BCUT2D eigenvalue weighted by atomic mass is 16.2. The molecule has 1 aliphatic heterocycles. The molecule has 3 heterocycles. The van der Waals surface area contributed by atoms with Crippen molar-refractivity contribution in [1.29, 1.82) is 0 Å². The highest BCUT2D eigenvalue weighted by Crippen LogP contribution is 2.15. The number of aromatic amines is 1. The van der Waals surface area contributed by atoms with Crippen LogP contribution >= 0.6 is 0 Å². The fourth-order valence-corrected chi connectivity index (χ4v) is 2.19. The van der Waals surface area contributed by atoms with Gasteiger partial charge in [0.05, 0.1) is 35.1 Å². The third-order valence-electron chi connectivity index (χ3n) is 3.31. The Labute approximate surface area is 110 Å². The standard InChI is InChI=1S/C13H15N5O/c1-8-9(3-2-4-14-8)18-13(19)11-5-10-12(6-15-11)17-7-16-10/h2-4,7,11,15H,5-6H2,1H3,(H,16,17)(H,18,19). The molecule has 0 radical (unpaired) electrons. The smallest absolute Gasteiger partial charge is 0.241 e. The molecular weight excluding hydrogens is 242 g/mol.